The Morgan fingerprint density at radius 2 is 2.30 bits per heavy atom. The molecule has 1 aromatic rings. The second kappa shape index (κ2) is 7.27. The molecule has 0 radical (unpaired) electrons. The Kier molecular flexibility index (Phi) is 5.13. The lowest BCUT2D eigenvalue weighted by molar-refractivity contribution is -0.0296. The quantitative estimate of drug-likeness (QED) is 0.893. The molecule has 1 aliphatic carbocycles. The molecule has 0 spiro atoms. The van der Waals surface area contributed by atoms with Crippen molar-refractivity contribution in [2.24, 2.45) is 0 Å². The highest BCUT2D eigenvalue weighted by molar-refractivity contribution is 6.09. The molecule has 1 fully saturated rings. The van der Waals surface area contributed by atoms with Crippen molar-refractivity contribution in [3.8, 4) is 0 Å². The minimum Gasteiger partial charge on any atom is -0.468 e. The molecule has 23 heavy (non-hydrogen) atoms. The largest absolute Gasteiger partial charge is 0.468 e. The third-order valence-electron chi connectivity index (χ3n) is 4.62. The Morgan fingerprint density at radius 3 is 3.13 bits per heavy atom. The number of likely N-dealkylation sites (N-methyl/N-ethyl adjacent to an activating group) is 1. The lowest BCUT2D eigenvalue weighted by Crippen LogP contribution is -2.43. The fourth-order valence-corrected chi connectivity index (χ4v) is 3.27. The summed E-state index contributed by atoms with van der Waals surface area (Å²) in [6, 6.07) is 0. The number of nitrogens with zero attached hydrogens (tertiary/aromatic N) is 1. The van der Waals surface area contributed by atoms with E-state index in [-0.39, 0.29) is 17.8 Å². The third-order valence-corrected chi connectivity index (χ3v) is 4.62. The molecule has 6 heteroatoms. The van der Waals surface area contributed by atoms with Gasteiger partial charge in [0, 0.05) is 32.5 Å². The molecule has 3 rings (SSSR count). The van der Waals surface area contributed by atoms with Gasteiger partial charge in [-0.3, -0.25) is 14.5 Å². The van der Waals surface area contributed by atoms with E-state index in [0.717, 1.165) is 45.5 Å². The lowest BCUT2D eigenvalue weighted by Gasteiger charge is -2.32. The summed E-state index contributed by atoms with van der Waals surface area (Å²) < 4.78 is 11.1. The van der Waals surface area contributed by atoms with Gasteiger partial charge in [0.15, 0.2) is 5.78 Å². The molecule has 2 aliphatic rings. The van der Waals surface area contributed by atoms with Crippen molar-refractivity contribution in [3.05, 3.63) is 23.2 Å². The average molecular weight is 320 g/mol. The van der Waals surface area contributed by atoms with Crippen molar-refractivity contribution < 1.29 is 18.7 Å². The molecule has 1 amide bonds. The predicted octanol–water partition coefficient (Wildman–Crippen LogP) is 1.64. The monoisotopic (exact) mass is 320 g/mol. The number of hydrogen-bond donors (Lipinski definition) is 1. The van der Waals surface area contributed by atoms with Crippen LogP contribution in [0.2, 0.25) is 0 Å². The van der Waals surface area contributed by atoms with Crippen molar-refractivity contribution in [1.82, 2.24) is 10.2 Å². The van der Waals surface area contributed by atoms with E-state index in [2.05, 4.69) is 17.1 Å². The van der Waals surface area contributed by atoms with Crippen LogP contribution in [-0.2, 0) is 11.2 Å². The number of carbonyl (C=O) groups excluding carboxylic acids is 2. The fourth-order valence-electron chi connectivity index (χ4n) is 3.27. The Labute approximate surface area is 136 Å². The molecule has 1 atom stereocenters. The topological polar surface area (TPSA) is 71.8 Å². The molecule has 0 saturated carbocycles. The zero-order valence-corrected chi connectivity index (χ0v) is 13.6. The van der Waals surface area contributed by atoms with Crippen molar-refractivity contribution in [2.45, 2.75) is 38.7 Å². The number of hydrogen-bond acceptors (Lipinski definition) is 5. The second-order valence-electron chi connectivity index (χ2n) is 6.15. The van der Waals surface area contributed by atoms with Crippen LogP contribution in [0.3, 0.4) is 0 Å². The van der Waals surface area contributed by atoms with Crippen LogP contribution in [0.5, 0.6) is 0 Å². The third kappa shape index (κ3) is 3.64. The molecular weight excluding hydrogens is 296 g/mol. The lowest BCUT2D eigenvalue weighted by atomic mass is 9.94. The molecule has 0 bridgehead atoms. The maximum atomic E-state index is 12.3. The number of fused-ring (bicyclic) bond motifs is 1. The Hall–Kier alpha value is -1.66. The molecule has 1 aliphatic heterocycles. The van der Waals surface area contributed by atoms with Gasteiger partial charge in [-0.15, -0.1) is 0 Å². The predicted molar refractivity (Wildman–Crippen MR) is 84.8 cm³/mol. The smallest absolute Gasteiger partial charge is 0.255 e. The minimum atomic E-state index is -0.228. The number of rotatable bonds is 5. The van der Waals surface area contributed by atoms with Gasteiger partial charge in [-0.2, -0.15) is 0 Å². The average Bonchev–Trinajstić information content (AvgIpc) is 3.00. The van der Waals surface area contributed by atoms with E-state index in [1.165, 1.54) is 6.26 Å². The first-order valence-electron chi connectivity index (χ1n) is 8.44. The van der Waals surface area contributed by atoms with Crippen molar-refractivity contribution in [2.75, 3.05) is 32.8 Å². The number of amides is 1. The molecule has 6 nitrogen and oxygen atoms in total. The molecule has 1 saturated heterocycles. The number of aryl methyl sites for hydroxylation is 1. The van der Waals surface area contributed by atoms with Crippen LogP contribution in [0.1, 0.15) is 52.7 Å². The molecule has 126 valence electrons. The highest BCUT2D eigenvalue weighted by atomic mass is 16.5. The molecular formula is C17H24N2O4. The van der Waals surface area contributed by atoms with Gasteiger partial charge >= 0.3 is 0 Å². The molecule has 2 heterocycles. The first kappa shape index (κ1) is 16.2. The highest BCUT2D eigenvalue weighted by Crippen LogP contribution is 2.26. The normalized spacial score (nSPS) is 22.0. The minimum absolute atomic E-state index is 0.0133. The van der Waals surface area contributed by atoms with Gasteiger partial charge in [0.25, 0.3) is 5.91 Å². The van der Waals surface area contributed by atoms with Gasteiger partial charge < -0.3 is 14.5 Å². The van der Waals surface area contributed by atoms with Crippen LogP contribution in [-0.4, -0.2) is 55.5 Å². The summed E-state index contributed by atoms with van der Waals surface area (Å²) in [5.74, 6) is 0.438. The van der Waals surface area contributed by atoms with E-state index in [0.29, 0.717) is 29.9 Å². The number of ether oxygens (including phenoxy) is 1. The van der Waals surface area contributed by atoms with Crippen LogP contribution >= 0.6 is 0 Å². The number of carbonyl (C=O) groups is 2. The van der Waals surface area contributed by atoms with Gasteiger partial charge in [0.2, 0.25) is 0 Å². The number of morpholine rings is 1. The Morgan fingerprint density at radius 1 is 1.43 bits per heavy atom. The molecule has 1 aromatic heterocycles. The fraction of sp³-hybridized carbons (Fsp3) is 0.647. The summed E-state index contributed by atoms with van der Waals surface area (Å²) in [4.78, 5) is 26.7. The highest BCUT2D eigenvalue weighted by Gasteiger charge is 2.28. The van der Waals surface area contributed by atoms with Gasteiger partial charge in [0.05, 0.1) is 23.8 Å². The number of nitrogens with one attached hydrogen (secondary N) is 1. The van der Waals surface area contributed by atoms with E-state index in [9.17, 15) is 9.59 Å². The summed E-state index contributed by atoms with van der Waals surface area (Å²) in [5, 5.41) is 2.89. The van der Waals surface area contributed by atoms with Crippen LogP contribution in [0, 0.1) is 0 Å². The number of ketones is 1. The van der Waals surface area contributed by atoms with E-state index in [4.69, 9.17) is 9.15 Å². The summed E-state index contributed by atoms with van der Waals surface area (Å²) >= 11 is 0. The van der Waals surface area contributed by atoms with Crippen LogP contribution in [0.25, 0.3) is 0 Å². The number of Topliss-reactive ketones (excluding diaryl/α,β-unsaturated/α-hetero) is 1. The Balaban J connectivity index is 1.52. The second-order valence-corrected chi connectivity index (χ2v) is 6.15. The van der Waals surface area contributed by atoms with Crippen LogP contribution < -0.4 is 5.32 Å². The van der Waals surface area contributed by atoms with Crippen molar-refractivity contribution in [3.63, 3.8) is 0 Å². The summed E-state index contributed by atoms with van der Waals surface area (Å²) in [6.45, 7) is 6.33. The molecule has 0 unspecified atom stereocenters. The van der Waals surface area contributed by atoms with Gasteiger partial charge in [-0.05, 0) is 19.4 Å². The van der Waals surface area contributed by atoms with Gasteiger partial charge in [0.1, 0.15) is 12.0 Å². The van der Waals surface area contributed by atoms with Gasteiger partial charge in [-0.1, -0.05) is 6.92 Å². The van der Waals surface area contributed by atoms with Gasteiger partial charge in [-0.25, -0.2) is 0 Å². The maximum absolute atomic E-state index is 12.3. The van der Waals surface area contributed by atoms with Crippen molar-refractivity contribution >= 4 is 11.7 Å². The zero-order chi connectivity index (χ0) is 16.2. The van der Waals surface area contributed by atoms with E-state index in [1.54, 1.807) is 0 Å². The first-order valence-corrected chi connectivity index (χ1v) is 8.44. The zero-order valence-electron chi connectivity index (χ0n) is 13.6. The standard InChI is InChI=1S/C17H24N2O4/c1-2-19-8-9-22-12(10-19)6-7-18-17(21)13-11-23-15-5-3-4-14(20)16(13)15/h11-12H,2-10H2,1H3,(H,18,21)/t12-/m1/s1. The van der Waals surface area contributed by atoms with E-state index < -0.39 is 0 Å². The van der Waals surface area contributed by atoms with Crippen LogP contribution in [0.15, 0.2) is 10.7 Å². The summed E-state index contributed by atoms with van der Waals surface area (Å²) in [6.07, 6.45) is 4.37. The summed E-state index contributed by atoms with van der Waals surface area (Å²) in [5.41, 5.74) is 0.865. The van der Waals surface area contributed by atoms with E-state index in [1.807, 2.05) is 0 Å². The number of furan rings is 1. The van der Waals surface area contributed by atoms with Crippen LogP contribution in [0.4, 0.5) is 0 Å². The van der Waals surface area contributed by atoms with E-state index >= 15 is 0 Å². The molecule has 0 aromatic carbocycles. The maximum Gasteiger partial charge on any atom is 0.255 e. The Bertz CT molecular complexity index is 581. The SMILES string of the molecule is CCN1CCO[C@H](CCNC(=O)c2coc3c2C(=O)CCC3)C1. The summed E-state index contributed by atoms with van der Waals surface area (Å²) in [7, 11) is 0. The first-order chi connectivity index (χ1) is 11.2. The van der Waals surface area contributed by atoms with Crippen molar-refractivity contribution in [1.29, 1.82) is 0 Å². The molecule has 1 N–H and O–H groups in total.